The van der Waals surface area contributed by atoms with Gasteiger partial charge in [0.25, 0.3) is 5.91 Å². The zero-order valence-corrected chi connectivity index (χ0v) is 13.7. The maximum atomic E-state index is 12.2. The van der Waals surface area contributed by atoms with E-state index >= 15 is 0 Å². The number of carboxylic acids is 1. The number of carbonyl (C=O) groups is 2. The Morgan fingerprint density at radius 3 is 2.33 bits per heavy atom. The minimum absolute atomic E-state index is 0.131. The molecule has 0 saturated heterocycles. The number of rotatable bonds is 3. The molecular weight excluding hydrogens is 404 g/mol. The predicted molar refractivity (Wildman–Crippen MR) is 87.6 cm³/mol. The fourth-order valence-electron chi connectivity index (χ4n) is 1.69. The highest BCUT2D eigenvalue weighted by Gasteiger charge is 2.11. The van der Waals surface area contributed by atoms with Crippen molar-refractivity contribution in [2.45, 2.75) is 0 Å². The molecule has 108 valence electrons. The lowest BCUT2D eigenvalue weighted by atomic mass is 10.1. The van der Waals surface area contributed by atoms with E-state index < -0.39 is 5.97 Å². The smallest absolute Gasteiger partial charge is 0.335 e. The van der Waals surface area contributed by atoms with Crippen LogP contribution >= 0.6 is 31.9 Å². The number of benzene rings is 2. The number of nitrogen functional groups attached to an aromatic ring is 1. The maximum Gasteiger partial charge on any atom is 0.335 e. The number of nitrogens with two attached hydrogens (primary N) is 1. The molecule has 1 amide bonds. The summed E-state index contributed by atoms with van der Waals surface area (Å²) >= 11 is 6.51. The molecule has 0 radical (unpaired) electrons. The van der Waals surface area contributed by atoms with E-state index in [1.807, 2.05) is 0 Å². The number of carbonyl (C=O) groups excluding carboxylic acids is 1. The summed E-state index contributed by atoms with van der Waals surface area (Å²) in [6.07, 6.45) is 0. The first kappa shape index (κ1) is 15.5. The van der Waals surface area contributed by atoms with Gasteiger partial charge in [0.2, 0.25) is 0 Å². The lowest BCUT2D eigenvalue weighted by Crippen LogP contribution is -2.13. The molecule has 0 heterocycles. The monoisotopic (exact) mass is 412 g/mol. The molecule has 0 aromatic heterocycles. The summed E-state index contributed by atoms with van der Waals surface area (Å²) in [5.74, 6) is -1.37. The van der Waals surface area contributed by atoms with Crippen LogP contribution in [0.4, 0.5) is 11.4 Å². The molecule has 0 fully saturated rings. The van der Waals surface area contributed by atoms with Crippen LogP contribution in [0.25, 0.3) is 0 Å². The van der Waals surface area contributed by atoms with Crippen molar-refractivity contribution in [3.05, 3.63) is 56.5 Å². The Morgan fingerprint density at radius 1 is 1.05 bits per heavy atom. The standard InChI is InChI=1S/C14H10Br2N2O3/c15-9-3-8(4-10(17)6-9)13(19)18-12-2-1-7(14(20)21)5-11(12)16/h1-6H,17H2,(H,18,19)(H,20,21). The van der Waals surface area contributed by atoms with Crippen molar-refractivity contribution in [3.63, 3.8) is 0 Å². The van der Waals surface area contributed by atoms with E-state index in [0.29, 0.717) is 25.9 Å². The minimum atomic E-state index is -1.03. The summed E-state index contributed by atoms with van der Waals surface area (Å²) in [4.78, 5) is 23.0. The summed E-state index contributed by atoms with van der Waals surface area (Å²) in [6, 6.07) is 9.25. The average molecular weight is 414 g/mol. The van der Waals surface area contributed by atoms with Gasteiger partial charge in [-0.3, -0.25) is 4.79 Å². The Balaban J connectivity index is 2.25. The number of aromatic carboxylic acids is 1. The van der Waals surface area contributed by atoms with Gasteiger partial charge in [-0.05, 0) is 52.3 Å². The highest BCUT2D eigenvalue weighted by Crippen LogP contribution is 2.25. The summed E-state index contributed by atoms with van der Waals surface area (Å²) in [6.45, 7) is 0. The molecule has 0 saturated carbocycles. The molecule has 0 unspecified atom stereocenters. The van der Waals surface area contributed by atoms with Crippen LogP contribution in [0.2, 0.25) is 0 Å². The van der Waals surface area contributed by atoms with Crippen molar-refractivity contribution >= 4 is 55.1 Å². The first-order valence-electron chi connectivity index (χ1n) is 5.77. The summed E-state index contributed by atoms with van der Waals surface area (Å²) in [5, 5.41) is 11.6. The Hall–Kier alpha value is -1.86. The van der Waals surface area contributed by atoms with E-state index in [9.17, 15) is 9.59 Å². The topological polar surface area (TPSA) is 92.4 Å². The minimum Gasteiger partial charge on any atom is -0.478 e. The lowest BCUT2D eigenvalue weighted by molar-refractivity contribution is 0.0696. The Bertz CT molecular complexity index is 712. The molecule has 7 heteroatoms. The van der Waals surface area contributed by atoms with Crippen molar-refractivity contribution in [1.82, 2.24) is 0 Å². The van der Waals surface area contributed by atoms with Gasteiger partial charge in [-0.2, -0.15) is 0 Å². The zero-order valence-electron chi connectivity index (χ0n) is 10.6. The summed E-state index contributed by atoms with van der Waals surface area (Å²) in [5.41, 5.74) is 7.16. The van der Waals surface area contributed by atoms with Gasteiger partial charge < -0.3 is 16.2 Å². The van der Waals surface area contributed by atoms with E-state index in [1.165, 1.54) is 18.2 Å². The molecule has 0 aliphatic heterocycles. The normalized spacial score (nSPS) is 10.2. The molecule has 2 rings (SSSR count). The van der Waals surface area contributed by atoms with Crippen molar-refractivity contribution in [3.8, 4) is 0 Å². The third-order valence-electron chi connectivity index (χ3n) is 2.65. The van der Waals surface area contributed by atoms with Crippen LogP contribution in [-0.4, -0.2) is 17.0 Å². The van der Waals surface area contributed by atoms with Gasteiger partial charge in [-0.1, -0.05) is 15.9 Å². The Labute approximate surface area is 137 Å². The second-order valence-corrected chi connectivity index (χ2v) is 6.00. The molecule has 0 bridgehead atoms. The molecule has 2 aromatic carbocycles. The van der Waals surface area contributed by atoms with Gasteiger partial charge >= 0.3 is 5.97 Å². The van der Waals surface area contributed by atoms with Crippen LogP contribution in [-0.2, 0) is 0 Å². The first-order chi connectivity index (χ1) is 9.86. The summed E-state index contributed by atoms with van der Waals surface area (Å²) in [7, 11) is 0. The van der Waals surface area contributed by atoms with Crippen LogP contribution in [0, 0.1) is 0 Å². The Kier molecular flexibility index (Phi) is 4.64. The van der Waals surface area contributed by atoms with Crippen LogP contribution in [0.3, 0.4) is 0 Å². The van der Waals surface area contributed by atoms with E-state index in [-0.39, 0.29) is 11.5 Å². The van der Waals surface area contributed by atoms with Crippen molar-refractivity contribution < 1.29 is 14.7 Å². The third kappa shape index (κ3) is 3.83. The van der Waals surface area contributed by atoms with Crippen LogP contribution < -0.4 is 11.1 Å². The van der Waals surface area contributed by atoms with Crippen LogP contribution in [0.1, 0.15) is 20.7 Å². The van der Waals surface area contributed by atoms with Crippen molar-refractivity contribution in [2.24, 2.45) is 0 Å². The van der Waals surface area contributed by atoms with E-state index in [1.54, 1.807) is 18.2 Å². The summed E-state index contributed by atoms with van der Waals surface area (Å²) < 4.78 is 1.19. The van der Waals surface area contributed by atoms with Gasteiger partial charge in [0.15, 0.2) is 0 Å². The van der Waals surface area contributed by atoms with Crippen LogP contribution in [0.15, 0.2) is 45.3 Å². The number of anilines is 2. The fourth-order valence-corrected chi connectivity index (χ4v) is 2.68. The third-order valence-corrected chi connectivity index (χ3v) is 3.76. The first-order valence-corrected chi connectivity index (χ1v) is 7.35. The zero-order chi connectivity index (χ0) is 15.6. The second-order valence-electron chi connectivity index (χ2n) is 4.23. The number of carboxylic acid groups (broad SMARTS) is 1. The molecule has 0 atom stereocenters. The SMILES string of the molecule is Nc1cc(Br)cc(C(=O)Nc2ccc(C(=O)O)cc2Br)c1. The second kappa shape index (κ2) is 6.28. The van der Waals surface area contributed by atoms with Crippen molar-refractivity contribution in [1.29, 1.82) is 0 Å². The van der Waals surface area contributed by atoms with Gasteiger partial charge in [0.05, 0.1) is 11.3 Å². The van der Waals surface area contributed by atoms with E-state index in [2.05, 4.69) is 37.2 Å². The molecule has 21 heavy (non-hydrogen) atoms. The number of hydrogen-bond donors (Lipinski definition) is 3. The molecule has 0 aliphatic carbocycles. The van der Waals surface area contributed by atoms with Gasteiger partial charge in [0.1, 0.15) is 0 Å². The quantitative estimate of drug-likeness (QED) is 0.668. The molecule has 2 aromatic rings. The van der Waals surface area contributed by atoms with Gasteiger partial charge in [0, 0.05) is 20.2 Å². The molecular formula is C14H10Br2N2O3. The van der Waals surface area contributed by atoms with Crippen LogP contribution in [0.5, 0.6) is 0 Å². The molecule has 5 nitrogen and oxygen atoms in total. The largest absolute Gasteiger partial charge is 0.478 e. The Morgan fingerprint density at radius 2 is 1.76 bits per heavy atom. The highest BCUT2D eigenvalue weighted by molar-refractivity contribution is 9.10. The predicted octanol–water partition coefficient (Wildman–Crippen LogP) is 3.74. The number of amides is 1. The van der Waals surface area contributed by atoms with E-state index in [0.717, 1.165) is 0 Å². The molecule has 4 N–H and O–H groups in total. The molecule has 0 aliphatic rings. The molecule has 0 spiro atoms. The van der Waals surface area contributed by atoms with E-state index in [4.69, 9.17) is 10.8 Å². The van der Waals surface area contributed by atoms with Gasteiger partial charge in [-0.15, -0.1) is 0 Å². The number of nitrogens with one attached hydrogen (secondary N) is 1. The highest BCUT2D eigenvalue weighted by atomic mass is 79.9. The average Bonchev–Trinajstić information content (AvgIpc) is 2.39. The number of hydrogen-bond acceptors (Lipinski definition) is 3. The maximum absolute atomic E-state index is 12.2. The van der Waals surface area contributed by atoms with Crippen molar-refractivity contribution in [2.75, 3.05) is 11.1 Å². The fraction of sp³-hybridized carbons (Fsp3) is 0. The number of halogens is 2. The lowest BCUT2D eigenvalue weighted by Gasteiger charge is -2.09. The van der Waals surface area contributed by atoms with Gasteiger partial charge in [-0.25, -0.2) is 4.79 Å².